The molecule has 23 heavy (non-hydrogen) atoms. The van der Waals surface area contributed by atoms with Gasteiger partial charge in [0.15, 0.2) is 0 Å². The van der Waals surface area contributed by atoms with E-state index in [9.17, 15) is 9.59 Å². The highest BCUT2D eigenvalue weighted by atomic mass is 16.2. The molecule has 2 fully saturated rings. The maximum absolute atomic E-state index is 12.5. The molecule has 0 spiro atoms. The number of hydrogen-bond donors (Lipinski definition) is 1. The van der Waals surface area contributed by atoms with Crippen LogP contribution < -0.4 is 5.32 Å². The highest BCUT2D eigenvalue weighted by Crippen LogP contribution is 2.38. The lowest BCUT2D eigenvalue weighted by atomic mass is 9.73. The van der Waals surface area contributed by atoms with Gasteiger partial charge in [-0.15, -0.1) is 0 Å². The fraction of sp³-hybridized carbons (Fsp3) is 0.895. The Balaban J connectivity index is 2.01. The molecule has 2 aliphatic rings. The molecule has 0 bridgehead atoms. The lowest BCUT2D eigenvalue weighted by Gasteiger charge is -2.42. The van der Waals surface area contributed by atoms with Gasteiger partial charge in [0.25, 0.3) is 0 Å². The van der Waals surface area contributed by atoms with Crippen LogP contribution in [0.3, 0.4) is 0 Å². The summed E-state index contributed by atoms with van der Waals surface area (Å²) >= 11 is 0. The smallest absolute Gasteiger partial charge is 0.225 e. The lowest BCUT2D eigenvalue weighted by molar-refractivity contribution is -0.132. The van der Waals surface area contributed by atoms with E-state index in [0.717, 1.165) is 6.42 Å². The molecule has 1 heterocycles. The third-order valence-electron chi connectivity index (χ3n) is 5.60. The molecule has 4 atom stereocenters. The van der Waals surface area contributed by atoms with Crippen LogP contribution >= 0.6 is 0 Å². The molecule has 4 unspecified atom stereocenters. The first kappa shape index (κ1) is 18.3. The highest BCUT2D eigenvalue weighted by Gasteiger charge is 2.42. The number of amides is 2. The second-order valence-corrected chi connectivity index (χ2v) is 8.48. The Morgan fingerprint density at radius 1 is 1.26 bits per heavy atom. The van der Waals surface area contributed by atoms with Gasteiger partial charge in [0.2, 0.25) is 11.8 Å². The van der Waals surface area contributed by atoms with Gasteiger partial charge in [0, 0.05) is 25.6 Å². The van der Waals surface area contributed by atoms with Crippen molar-refractivity contribution >= 4 is 11.8 Å². The number of hydrogen-bond acceptors (Lipinski definition) is 2. The Kier molecular flexibility index (Phi) is 6.10. The molecule has 1 saturated heterocycles. The fourth-order valence-electron chi connectivity index (χ4n) is 4.19. The van der Waals surface area contributed by atoms with E-state index in [1.54, 1.807) is 0 Å². The summed E-state index contributed by atoms with van der Waals surface area (Å²) in [6.45, 7) is 12.3. The van der Waals surface area contributed by atoms with Crippen molar-refractivity contribution in [2.75, 3.05) is 13.1 Å². The Morgan fingerprint density at radius 2 is 1.96 bits per heavy atom. The van der Waals surface area contributed by atoms with Crippen LogP contribution in [0.4, 0.5) is 0 Å². The van der Waals surface area contributed by atoms with E-state index < -0.39 is 0 Å². The van der Waals surface area contributed by atoms with Gasteiger partial charge in [0.05, 0.1) is 5.92 Å². The average Bonchev–Trinajstić information content (AvgIpc) is 2.86. The van der Waals surface area contributed by atoms with Crippen LogP contribution in [0.2, 0.25) is 0 Å². The van der Waals surface area contributed by atoms with Crippen LogP contribution in [0.25, 0.3) is 0 Å². The van der Waals surface area contributed by atoms with Gasteiger partial charge in [-0.1, -0.05) is 41.0 Å². The minimum atomic E-state index is -0.161. The average molecular weight is 322 g/mol. The van der Waals surface area contributed by atoms with E-state index in [1.165, 1.54) is 12.8 Å². The number of likely N-dealkylation sites (tertiary alicyclic amines) is 1. The van der Waals surface area contributed by atoms with Crippen LogP contribution in [-0.2, 0) is 9.59 Å². The number of nitrogens with zero attached hydrogens (tertiary/aromatic N) is 1. The summed E-state index contributed by atoms with van der Waals surface area (Å²) in [6.07, 6.45) is 3.95. The second kappa shape index (κ2) is 7.67. The fourth-order valence-corrected chi connectivity index (χ4v) is 4.19. The van der Waals surface area contributed by atoms with Crippen LogP contribution in [0, 0.1) is 29.6 Å². The number of nitrogens with one attached hydrogen (secondary N) is 1. The van der Waals surface area contributed by atoms with Crippen LogP contribution in [0.15, 0.2) is 0 Å². The predicted octanol–water partition coefficient (Wildman–Crippen LogP) is 3.07. The Hall–Kier alpha value is -1.06. The standard InChI is InChI=1S/C19H34N2O2/c1-12(2)10-20-19(23)15-9-18(22)21(11-15)17-8-14(5)6-7-16(17)13(3)4/h12-17H,6-11H2,1-5H3,(H,20,23). The molecule has 2 amide bonds. The predicted molar refractivity (Wildman–Crippen MR) is 92.8 cm³/mol. The van der Waals surface area contributed by atoms with Crippen LogP contribution in [0.5, 0.6) is 0 Å². The van der Waals surface area contributed by atoms with Gasteiger partial charge in [-0.2, -0.15) is 0 Å². The van der Waals surface area contributed by atoms with E-state index in [0.29, 0.717) is 49.2 Å². The minimum Gasteiger partial charge on any atom is -0.356 e. The maximum atomic E-state index is 12.5. The second-order valence-electron chi connectivity index (χ2n) is 8.48. The van der Waals surface area contributed by atoms with E-state index >= 15 is 0 Å². The van der Waals surface area contributed by atoms with E-state index in [-0.39, 0.29) is 17.7 Å². The van der Waals surface area contributed by atoms with Crippen molar-refractivity contribution in [3.8, 4) is 0 Å². The summed E-state index contributed by atoms with van der Waals surface area (Å²) in [5, 5.41) is 2.99. The monoisotopic (exact) mass is 322 g/mol. The molecule has 0 radical (unpaired) electrons. The van der Waals surface area contributed by atoms with Crippen molar-refractivity contribution < 1.29 is 9.59 Å². The Morgan fingerprint density at radius 3 is 2.57 bits per heavy atom. The third-order valence-corrected chi connectivity index (χ3v) is 5.60. The zero-order valence-corrected chi connectivity index (χ0v) is 15.5. The van der Waals surface area contributed by atoms with Crippen molar-refractivity contribution in [2.45, 2.75) is 66.3 Å². The van der Waals surface area contributed by atoms with Gasteiger partial charge in [-0.25, -0.2) is 0 Å². The molecule has 1 saturated carbocycles. The lowest BCUT2D eigenvalue weighted by Crippen LogP contribution is -2.47. The Labute approximate surface area is 141 Å². The van der Waals surface area contributed by atoms with E-state index in [4.69, 9.17) is 0 Å². The zero-order chi connectivity index (χ0) is 17.1. The van der Waals surface area contributed by atoms with Crippen molar-refractivity contribution in [2.24, 2.45) is 29.6 Å². The normalized spacial score (nSPS) is 32.0. The quantitative estimate of drug-likeness (QED) is 0.845. The third kappa shape index (κ3) is 4.48. The van der Waals surface area contributed by atoms with Gasteiger partial charge < -0.3 is 10.2 Å². The van der Waals surface area contributed by atoms with Crippen molar-refractivity contribution in [1.82, 2.24) is 10.2 Å². The first-order chi connectivity index (χ1) is 10.8. The van der Waals surface area contributed by atoms with Gasteiger partial charge in [0.1, 0.15) is 0 Å². The minimum absolute atomic E-state index is 0.0551. The van der Waals surface area contributed by atoms with Crippen molar-refractivity contribution in [3.63, 3.8) is 0 Å². The first-order valence-electron chi connectivity index (χ1n) is 9.36. The molecule has 0 aromatic heterocycles. The van der Waals surface area contributed by atoms with Crippen LogP contribution in [0.1, 0.15) is 60.3 Å². The van der Waals surface area contributed by atoms with Gasteiger partial charge >= 0.3 is 0 Å². The van der Waals surface area contributed by atoms with Crippen molar-refractivity contribution in [3.05, 3.63) is 0 Å². The number of rotatable bonds is 5. The Bertz CT molecular complexity index is 433. The summed E-state index contributed by atoms with van der Waals surface area (Å²) in [6, 6.07) is 0.328. The van der Waals surface area contributed by atoms with Crippen LogP contribution in [-0.4, -0.2) is 35.8 Å². The topological polar surface area (TPSA) is 49.4 Å². The van der Waals surface area contributed by atoms with E-state index in [1.807, 2.05) is 4.90 Å². The molecular formula is C19H34N2O2. The molecule has 0 aromatic carbocycles. The maximum Gasteiger partial charge on any atom is 0.225 e. The molecule has 1 aliphatic carbocycles. The first-order valence-corrected chi connectivity index (χ1v) is 9.36. The molecule has 2 rings (SSSR count). The zero-order valence-electron chi connectivity index (χ0n) is 15.5. The van der Waals surface area contributed by atoms with E-state index in [2.05, 4.69) is 39.9 Å². The molecular weight excluding hydrogens is 288 g/mol. The highest BCUT2D eigenvalue weighted by molar-refractivity contribution is 5.89. The van der Waals surface area contributed by atoms with Gasteiger partial charge in [-0.05, 0) is 36.5 Å². The SMILES string of the molecule is CC(C)CNC(=O)C1CC(=O)N(C2CC(C)CCC2C(C)C)C1. The van der Waals surface area contributed by atoms with Gasteiger partial charge in [-0.3, -0.25) is 9.59 Å². The molecule has 0 aromatic rings. The number of carbonyl (C=O) groups excluding carboxylic acids is 2. The summed E-state index contributed by atoms with van der Waals surface area (Å²) in [4.78, 5) is 26.9. The summed E-state index contributed by atoms with van der Waals surface area (Å²) in [7, 11) is 0. The largest absolute Gasteiger partial charge is 0.356 e. The molecule has 132 valence electrons. The van der Waals surface area contributed by atoms with Crippen molar-refractivity contribution in [1.29, 1.82) is 0 Å². The number of carbonyl (C=O) groups is 2. The molecule has 1 N–H and O–H groups in total. The molecule has 4 nitrogen and oxygen atoms in total. The summed E-state index contributed by atoms with van der Waals surface area (Å²) < 4.78 is 0. The summed E-state index contributed by atoms with van der Waals surface area (Å²) in [5.41, 5.74) is 0. The molecule has 1 aliphatic heterocycles. The molecule has 4 heteroatoms. The summed E-state index contributed by atoms with van der Waals surface area (Å²) in [5.74, 6) is 2.36.